The molecule has 0 N–H and O–H groups in total. The van der Waals surface area contributed by atoms with Crippen molar-refractivity contribution in [1.82, 2.24) is 0 Å². The highest BCUT2D eigenvalue weighted by Gasteiger charge is 2.16. The highest BCUT2D eigenvalue weighted by atomic mass is 16.5. The summed E-state index contributed by atoms with van der Waals surface area (Å²) in [6, 6.07) is 13.3. The molecule has 104 valence electrons. The zero-order chi connectivity index (χ0) is 14.5. The van der Waals surface area contributed by atoms with Crippen LogP contribution >= 0.6 is 0 Å². The topological polar surface area (TPSA) is 35.5 Å². The van der Waals surface area contributed by atoms with Gasteiger partial charge in [0.1, 0.15) is 17.8 Å². The Labute approximate surface area is 119 Å². The Morgan fingerprint density at radius 1 is 0.950 bits per heavy atom. The monoisotopic (exact) mass is 270 g/mol. The molecule has 0 amide bonds. The minimum atomic E-state index is -0.271. The normalized spacial score (nSPS) is 11.8. The second-order valence-electron chi connectivity index (χ2n) is 4.61. The fourth-order valence-corrected chi connectivity index (χ4v) is 2.27. The Balaban J connectivity index is 2.38. The van der Waals surface area contributed by atoms with E-state index in [-0.39, 0.29) is 5.92 Å². The first-order valence-corrected chi connectivity index (χ1v) is 6.43. The molecule has 2 aromatic rings. The van der Waals surface area contributed by atoms with Gasteiger partial charge in [0.25, 0.3) is 0 Å². The number of rotatable bonds is 5. The molecular formula is C17H18O3. The fraction of sp³-hybridized carbons (Fsp3) is 0.235. The number of carbonyl (C=O) groups is 1. The van der Waals surface area contributed by atoms with E-state index < -0.39 is 0 Å². The van der Waals surface area contributed by atoms with Crippen molar-refractivity contribution in [2.45, 2.75) is 12.8 Å². The largest absolute Gasteiger partial charge is 0.497 e. The molecule has 0 aliphatic carbocycles. The molecule has 1 unspecified atom stereocenters. The predicted octanol–water partition coefficient (Wildman–Crippen LogP) is 3.34. The van der Waals surface area contributed by atoms with Gasteiger partial charge in [-0.25, -0.2) is 0 Å². The molecule has 2 rings (SSSR count). The van der Waals surface area contributed by atoms with Crippen LogP contribution in [0.15, 0.2) is 42.5 Å². The van der Waals surface area contributed by atoms with Crippen LogP contribution in [0.3, 0.4) is 0 Å². The molecule has 0 heterocycles. The predicted molar refractivity (Wildman–Crippen MR) is 78.6 cm³/mol. The number of aldehydes is 1. The molecular weight excluding hydrogens is 252 g/mol. The number of ether oxygens (including phenoxy) is 2. The molecule has 0 fully saturated rings. The summed E-state index contributed by atoms with van der Waals surface area (Å²) in [5.74, 6) is 1.31. The molecule has 2 aromatic carbocycles. The van der Waals surface area contributed by atoms with Gasteiger partial charge in [-0.2, -0.15) is 0 Å². The lowest BCUT2D eigenvalue weighted by Gasteiger charge is -2.15. The summed E-state index contributed by atoms with van der Waals surface area (Å²) >= 11 is 0. The van der Waals surface area contributed by atoms with Crippen LogP contribution in [0.2, 0.25) is 0 Å². The highest BCUT2D eigenvalue weighted by Crippen LogP contribution is 2.29. The molecule has 1 atom stereocenters. The van der Waals surface area contributed by atoms with Crippen LogP contribution in [0.4, 0.5) is 0 Å². The van der Waals surface area contributed by atoms with Crippen LogP contribution in [0.5, 0.6) is 11.5 Å². The summed E-state index contributed by atoms with van der Waals surface area (Å²) < 4.78 is 10.3. The van der Waals surface area contributed by atoms with E-state index in [2.05, 4.69) is 0 Å². The summed E-state index contributed by atoms with van der Waals surface area (Å²) in [6.45, 7) is 1.98. The van der Waals surface area contributed by atoms with Gasteiger partial charge in [-0.05, 0) is 47.9 Å². The van der Waals surface area contributed by atoms with Gasteiger partial charge in [0.2, 0.25) is 0 Å². The second kappa shape index (κ2) is 6.24. The minimum Gasteiger partial charge on any atom is -0.497 e. The standard InChI is InChI=1S/C17H18O3/c1-12-10-15(20-3)8-9-16(12)17(11-18)13-4-6-14(19-2)7-5-13/h4-11,17H,1-3H3. The molecule has 3 heteroatoms. The summed E-state index contributed by atoms with van der Waals surface area (Å²) in [6.07, 6.45) is 0.969. The third-order valence-corrected chi connectivity index (χ3v) is 3.42. The van der Waals surface area contributed by atoms with Crippen molar-refractivity contribution in [3.63, 3.8) is 0 Å². The Hall–Kier alpha value is -2.29. The van der Waals surface area contributed by atoms with E-state index in [0.29, 0.717) is 0 Å². The van der Waals surface area contributed by atoms with Gasteiger partial charge < -0.3 is 14.3 Å². The van der Waals surface area contributed by atoms with Gasteiger partial charge in [0, 0.05) is 0 Å². The van der Waals surface area contributed by atoms with Crippen molar-refractivity contribution in [1.29, 1.82) is 0 Å². The lowest BCUT2D eigenvalue weighted by Crippen LogP contribution is -2.05. The summed E-state index contributed by atoms with van der Waals surface area (Å²) in [5, 5.41) is 0. The average Bonchev–Trinajstić information content (AvgIpc) is 2.50. The molecule has 3 nitrogen and oxygen atoms in total. The molecule has 0 bridgehead atoms. The maximum atomic E-state index is 11.5. The van der Waals surface area contributed by atoms with Crippen LogP contribution < -0.4 is 9.47 Å². The van der Waals surface area contributed by atoms with Gasteiger partial charge in [-0.15, -0.1) is 0 Å². The number of hydrogen-bond donors (Lipinski definition) is 0. The number of benzene rings is 2. The van der Waals surface area contributed by atoms with Gasteiger partial charge in [-0.3, -0.25) is 0 Å². The van der Waals surface area contributed by atoms with Crippen molar-refractivity contribution >= 4 is 6.29 Å². The van der Waals surface area contributed by atoms with E-state index in [9.17, 15) is 4.79 Å². The Bertz CT molecular complexity index is 588. The smallest absolute Gasteiger partial charge is 0.131 e. The number of hydrogen-bond acceptors (Lipinski definition) is 3. The first-order chi connectivity index (χ1) is 9.69. The molecule has 0 radical (unpaired) electrons. The average molecular weight is 270 g/mol. The summed E-state index contributed by atoms with van der Waals surface area (Å²) in [4.78, 5) is 11.5. The highest BCUT2D eigenvalue weighted by molar-refractivity contribution is 5.69. The minimum absolute atomic E-state index is 0.271. The van der Waals surface area contributed by atoms with E-state index in [1.54, 1.807) is 14.2 Å². The van der Waals surface area contributed by atoms with Gasteiger partial charge in [-0.1, -0.05) is 18.2 Å². The van der Waals surface area contributed by atoms with Crippen molar-refractivity contribution in [2.75, 3.05) is 14.2 Å². The third kappa shape index (κ3) is 2.82. The quantitative estimate of drug-likeness (QED) is 0.782. The van der Waals surface area contributed by atoms with E-state index in [0.717, 1.165) is 34.5 Å². The molecule has 0 aliphatic rings. The van der Waals surface area contributed by atoms with Crippen molar-refractivity contribution in [3.8, 4) is 11.5 Å². The molecule has 0 aliphatic heterocycles. The molecule has 0 aromatic heterocycles. The second-order valence-corrected chi connectivity index (χ2v) is 4.61. The lowest BCUT2D eigenvalue weighted by molar-refractivity contribution is -0.108. The number of carbonyl (C=O) groups excluding carboxylic acids is 1. The van der Waals surface area contributed by atoms with Crippen LogP contribution in [0.25, 0.3) is 0 Å². The summed E-state index contributed by atoms with van der Waals surface area (Å²) in [7, 11) is 3.26. The van der Waals surface area contributed by atoms with Gasteiger partial charge in [0.05, 0.1) is 20.1 Å². The Morgan fingerprint density at radius 2 is 1.55 bits per heavy atom. The first-order valence-electron chi connectivity index (χ1n) is 6.43. The van der Waals surface area contributed by atoms with Crippen molar-refractivity contribution in [2.24, 2.45) is 0 Å². The maximum absolute atomic E-state index is 11.5. The number of methoxy groups -OCH3 is 2. The van der Waals surface area contributed by atoms with Crippen LogP contribution in [-0.2, 0) is 4.79 Å². The van der Waals surface area contributed by atoms with E-state index in [1.165, 1.54) is 0 Å². The summed E-state index contributed by atoms with van der Waals surface area (Å²) in [5.41, 5.74) is 2.98. The van der Waals surface area contributed by atoms with Crippen molar-refractivity contribution < 1.29 is 14.3 Å². The zero-order valence-electron chi connectivity index (χ0n) is 11.9. The van der Waals surface area contributed by atoms with Crippen molar-refractivity contribution in [3.05, 3.63) is 59.2 Å². The number of aryl methyl sites for hydroxylation is 1. The van der Waals surface area contributed by atoms with Crippen LogP contribution in [0.1, 0.15) is 22.6 Å². The first kappa shape index (κ1) is 14.1. The lowest BCUT2D eigenvalue weighted by atomic mass is 9.89. The molecule has 0 saturated carbocycles. The van der Waals surface area contributed by atoms with E-state index >= 15 is 0 Å². The van der Waals surface area contributed by atoms with E-state index in [4.69, 9.17) is 9.47 Å². The Morgan fingerprint density at radius 3 is 2.05 bits per heavy atom. The van der Waals surface area contributed by atoms with Gasteiger partial charge in [0.15, 0.2) is 0 Å². The van der Waals surface area contributed by atoms with Crippen LogP contribution in [0, 0.1) is 6.92 Å². The SMILES string of the molecule is COc1ccc(C(C=O)c2ccc(OC)cc2C)cc1. The molecule has 0 saturated heterocycles. The maximum Gasteiger partial charge on any atom is 0.131 e. The third-order valence-electron chi connectivity index (χ3n) is 3.42. The Kier molecular flexibility index (Phi) is 4.41. The van der Waals surface area contributed by atoms with Gasteiger partial charge >= 0.3 is 0 Å². The van der Waals surface area contributed by atoms with E-state index in [1.807, 2.05) is 49.4 Å². The zero-order valence-corrected chi connectivity index (χ0v) is 11.9. The fourth-order valence-electron chi connectivity index (χ4n) is 2.27. The molecule has 20 heavy (non-hydrogen) atoms. The van der Waals surface area contributed by atoms with Crippen LogP contribution in [-0.4, -0.2) is 20.5 Å². The molecule has 0 spiro atoms.